The van der Waals surface area contributed by atoms with Crippen LogP contribution in [0.25, 0.3) is 11.3 Å². The molecule has 0 radical (unpaired) electrons. The first kappa shape index (κ1) is 10.7. The fourth-order valence-electron chi connectivity index (χ4n) is 1.44. The fraction of sp³-hybridized carbons (Fsp3) is 0.0833. The average molecular weight is 223 g/mol. The second-order valence-corrected chi connectivity index (χ2v) is 3.42. The summed E-state index contributed by atoms with van der Waals surface area (Å²) in [6, 6.07) is 5.26. The van der Waals surface area contributed by atoms with Gasteiger partial charge in [0, 0.05) is 11.6 Å². The van der Waals surface area contributed by atoms with Crippen molar-refractivity contribution in [2.24, 2.45) is 0 Å². The highest BCUT2D eigenvalue weighted by Gasteiger charge is 2.13. The van der Waals surface area contributed by atoms with Crippen molar-refractivity contribution < 1.29 is 13.2 Å². The molecule has 0 unspecified atom stereocenters. The van der Waals surface area contributed by atoms with Crippen LogP contribution in [-0.2, 0) is 0 Å². The van der Waals surface area contributed by atoms with Gasteiger partial charge in [-0.1, -0.05) is 12.1 Å². The van der Waals surface area contributed by atoms with E-state index in [9.17, 15) is 13.2 Å². The summed E-state index contributed by atoms with van der Waals surface area (Å²) in [5, 5.41) is 0. The highest BCUT2D eigenvalue weighted by Crippen LogP contribution is 2.25. The molecule has 0 aliphatic carbocycles. The summed E-state index contributed by atoms with van der Waals surface area (Å²) in [5.74, 6) is -2.20. The fourth-order valence-corrected chi connectivity index (χ4v) is 1.44. The summed E-state index contributed by atoms with van der Waals surface area (Å²) < 4.78 is 39.7. The summed E-state index contributed by atoms with van der Waals surface area (Å²) >= 11 is 0. The van der Waals surface area contributed by atoms with E-state index in [0.717, 1.165) is 6.20 Å². The zero-order chi connectivity index (χ0) is 11.7. The van der Waals surface area contributed by atoms with Gasteiger partial charge in [-0.15, -0.1) is 0 Å². The van der Waals surface area contributed by atoms with E-state index in [1.54, 1.807) is 19.1 Å². The van der Waals surface area contributed by atoms with Crippen LogP contribution in [0.1, 0.15) is 5.56 Å². The number of halogens is 3. The number of pyridine rings is 1. The van der Waals surface area contributed by atoms with Crippen molar-refractivity contribution in [1.82, 2.24) is 4.98 Å². The van der Waals surface area contributed by atoms with Crippen molar-refractivity contribution in [3.05, 3.63) is 53.5 Å². The van der Waals surface area contributed by atoms with Gasteiger partial charge in [-0.05, 0) is 18.6 Å². The lowest BCUT2D eigenvalue weighted by atomic mass is 10.1. The number of aryl methyl sites for hydroxylation is 1. The maximum Gasteiger partial charge on any atom is 0.152 e. The third-order valence-corrected chi connectivity index (χ3v) is 2.25. The maximum absolute atomic E-state index is 13.7. The van der Waals surface area contributed by atoms with E-state index in [-0.39, 0.29) is 11.3 Å². The van der Waals surface area contributed by atoms with Gasteiger partial charge in [0.15, 0.2) is 5.82 Å². The van der Waals surface area contributed by atoms with Crippen LogP contribution in [0.3, 0.4) is 0 Å². The molecule has 1 nitrogen and oxygen atoms in total. The van der Waals surface area contributed by atoms with E-state index < -0.39 is 17.5 Å². The predicted molar refractivity (Wildman–Crippen MR) is 54.3 cm³/mol. The van der Waals surface area contributed by atoms with Crippen molar-refractivity contribution in [2.45, 2.75) is 6.92 Å². The van der Waals surface area contributed by atoms with Crippen molar-refractivity contribution in [3.8, 4) is 11.3 Å². The highest BCUT2D eigenvalue weighted by atomic mass is 19.1. The molecule has 0 atom stereocenters. The lowest BCUT2D eigenvalue weighted by Gasteiger charge is -2.05. The van der Waals surface area contributed by atoms with Gasteiger partial charge in [0.05, 0.1) is 6.20 Å². The van der Waals surface area contributed by atoms with Gasteiger partial charge >= 0.3 is 0 Å². The molecule has 0 bridgehead atoms. The van der Waals surface area contributed by atoms with Gasteiger partial charge in [0.1, 0.15) is 17.3 Å². The minimum Gasteiger partial charge on any atom is -0.250 e. The van der Waals surface area contributed by atoms with E-state index in [0.29, 0.717) is 11.6 Å². The van der Waals surface area contributed by atoms with E-state index in [4.69, 9.17) is 0 Å². The van der Waals surface area contributed by atoms with E-state index in [1.165, 1.54) is 6.07 Å². The van der Waals surface area contributed by atoms with Crippen LogP contribution < -0.4 is 0 Å². The normalized spacial score (nSPS) is 10.5. The molecule has 16 heavy (non-hydrogen) atoms. The summed E-state index contributed by atoms with van der Waals surface area (Å²) in [5.41, 5.74) is 0.253. The minimum absolute atomic E-state index is 0.0394. The molecule has 0 spiro atoms. The Labute approximate surface area is 90.6 Å². The first-order valence-electron chi connectivity index (χ1n) is 4.66. The molecule has 0 saturated heterocycles. The Morgan fingerprint density at radius 3 is 2.56 bits per heavy atom. The van der Waals surface area contributed by atoms with Crippen LogP contribution in [0.4, 0.5) is 13.2 Å². The molecule has 2 aromatic rings. The average Bonchev–Trinajstić information content (AvgIpc) is 2.23. The Morgan fingerprint density at radius 1 is 1.12 bits per heavy atom. The molecular weight excluding hydrogens is 215 g/mol. The van der Waals surface area contributed by atoms with E-state index >= 15 is 0 Å². The summed E-state index contributed by atoms with van der Waals surface area (Å²) in [4.78, 5) is 3.56. The molecule has 0 fully saturated rings. The molecule has 82 valence electrons. The largest absolute Gasteiger partial charge is 0.250 e. The Hall–Kier alpha value is -1.84. The second kappa shape index (κ2) is 3.96. The summed E-state index contributed by atoms with van der Waals surface area (Å²) in [7, 11) is 0. The molecule has 1 heterocycles. The summed E-state index contributed by atoms with van der Waals surface area (Å²) in [6.45, 7) is 1.57. The lowest BCUT2D eigenvalue weighted by molar-refractivity contribution is 0.572. The van der Waals surface area contributed by atoms with Crippen molar-refractivity contribution >= 4 is 0 Å². The van der Waals surface area contributed by atoms with Gasteiger partial charge in [0.25, 0.3) is 0 Å². The Morgan fingerprint density at radius 2 is 1.88 bits per heavy atom. The topological polar surface area (TPSA) is 12.9 Å². The number of hydrogen-bond donors (Lipinski definition) is 0. The molecule has 2 rings (SSSR count). The molecular formula is C12H8F3N. The van der Waals surface area contributed by atoms with Gasteiger partial charge in [-0.2, -0.15) is 0 Å². The van der Waals surface area contributed by atoms with Crippen LogP contribution in [0, 0.1) is 24.4 Å². The van der Waals surface area contributed by atoms with Crippen LogP contribution in [0.15, 0.2) is 30.5 Å². The molecule has 0 aliphatic rings. The maximum atomic E-state index is 13.7. The second-order valence-electron chi connectivity index (χ2n) is 3.42. The molecule has 0 saturated carbocycles. The molecule has 0 amide bonds. The number of aromatic nitrogens is 1. The quantitative estimate of drug-likeness (QED) is 0.721. The zero-order valence-electron chi connectivity index (χ0n) is 8.47. The van der Waals surface area contributed by atoms with E-state index in [1.807, 2.05) is 0 Å². The molecule has 4 heteroatoms. The SMILES string of the molecule is Cc1cccc(-c2ncc(F)cc2F)c1F. The van der Waals surface area contributed by atoms with Gasteiger partial charge in [-0.3, -0.25) is 4.98 Å². The molecule has 0 N–H and O–H groups in total. The number of rotatable bonds is 1. The highest BCUT2D eigenvalue weighted by molar-refractivity contribution is 5.61. The van der Waals surface area contributed by atoms with Crippen LogP contribution in [0.2, 0.25) is 0 Å². The first-order valence-corrected chi connectivity index (χ1v) is 4.66. The standard InChI is InChI=1S/C12H8F3N/c1-7-3-2-4-9(11(7)15)12-10(14)5-8(13)6-16-12/h2-6H,1H3. The Kier molecular flexibility index (Phi) is 2.64. The number of nitrogens with zero attached hydrogens (tertiary/aromatic N) is 1. The third kappa shape index (κ3) is 1.78. The van der Waals surface area contributed by atoms with Crippen molar-refractivity contribution in [1.29, 1.82) is 0 Å². The third-order valence-electron chi connectivity index (χ3n) is 2.25. The summed E-state index contributed by atoms with van der Waals surface area (Å²) in [6.07, 6.45) is 0.861. The molecule has 0 aliphatic heterocycles. The molecule has 1 aromatic carbocycles. The number of benzene rings is 1. The van der Waals surface area contributed by atoms with Crippen molar-refractivity contribution in [3.63, 3.8) is 0 Å². The predicted octanol–water partition coefficient (Wildman–Crippen LogP) is 3.47. The van der Waals surface area contributed by atoms with Crippen LogP contribution in [-0.4, -0.2) is 4.98 Å². The van der Waals surface area contributed by atoms with Gasteiger partial charge < -0.3 is 0 Å². The lowest BCUT2D eigenvalue weighted by Crippen LogP contribution is -1.95. The smallest absolute Gasteiger partial charge is 0.152 e. The monoisotopic (exact) mass is 223 g/mol. The first-order chi connectivity index (χ1) is 7.59. The van der Waals surface area contributed by atoms with Gasteiger partial charge in [0.2, 0.25) is 0 Å². The zero-order valence-corrected chi connectivity index (χ0v) is 8.47. The van der Waals surface area contributed by atoms with E-state index in [2.05, 4.69) is 4.98 Å². The Bertz CT molecular complexity index is 538. The minimum atomic E-state index is -0.871. The van der Waals surface area contributed by atoms with Gasteiger partial charge in [-0.25, -0.2) is 13.2 Å². The van der Waals surface area contributed by atoms with Crippen molar-refractivity contribution in [2.75, 3.05) is 0 Å². The van der Waals surface area contributed by atoms with Crippen LogP contribution >= 0.6 is 0 Å². The number of hydrogen-bond acceptors (Lipinski definition) is 1. The molecule has 1 aromatic heterocycles. The Balaban J connectivity index is 2.63. The van der Waals surface area contributed by atoms with Crippen LogP contribution in [0.5, 0.6) is 0 Å².